The maximum Gasteiger partial charge on any atom is 0.253 e. The first-order valence-electron chi connectivity index (χ1n) is 8.60. The molecule has 2 N–H and O–H groups in total. The van der Waals surface area contributed by atoms with Crippen molar-refractivity contribution in [2.45, 2.75) is 33.2 Å². The number of aromatic nitrogens is 1. The number of nitrogens with zero attached hydrogens (tertiary/aromatic N) is 1. The highest BCUT2D eigenvalue weighted by Gasteiger charge is 2.25. The molecule has 0 spiro atoms. The average molecular weight is 341 g/mol. The van der Waals surface area contributed by atoms with Crippen molar-refractivity contribution in [3.8, 4) is 0 Å². The predicted molar refractivity (Wildman–Crippen MR) is 96.1 cm³/mol. The molecule has 0 unspecified atom stereocenters. The van der Waals surface area contributed by atoms with Crippen molar-refractivity contribution in [2.24, 2.45) is 5.92 Å². The van der Waals surface area contributed by atoms with E-state index in [1.165, 1.54) is 0 Å². The Morgan fingerprint density at radius 3 is 2.64 bits per heavy atom. The molecule has 3 rings (SSSR count). The Hall–Kier alpha value is -2.63. The summed E-state index contributed by atoms with van der Waals surface area (Å²) < 4.78 is 0. The Bertz CT molecular complexity index is 864. The summed E-state index contributed by atoms with van der Waals surface area (Å²) in [6.07, 6.45) is 1.33. The molecule has 0 atom stereocenters. The van der Waals surface area contributed by atoms with E-state index in [1.807, 2.05) is 31.2 Å². The summed E-state index contributed by atoms with van der Waals surface area (Å²) in [7, 11) is 0. The fraction of sp³-hybridized carbons (Fsp3) is 0.421. The molecule has 132 valence electrons. The van der Waals surface area contributed by atoms with Gasteiger partial charge in [0.2, 0.25) is 11.8 Å². The summed E-state index contributed by atoms with van der Waals surface area (Å²) >= 11 is 0. The van der Waals surface area contributed by atoms with E-state index in [2.05, 4.69) is 10.3 Å². The third-order valence-electron chi connectivity index (χ3n) is 4.84. The summed E-state index contributed by atoms with van der Waals surface area (Å²) in [5, 5.41) is 3.83. The minimum atomic E-state index is -0.178. The molecule has 1 aromatic heterocycles. The van der Waals surface area contributed by atoms with Gasteiger partial charge < -0.3 is 15.2 Å². The van der Waals surface area contributed by atoms with Gasteiger partial charge in [-0.1, -0.05) is 11.6 Å². The van der Waals surface area contributed by atoms with Crippen LogP contribution in [0.25, 0.3) is 10.9 Å². The van der Waals surface area contributed by atoms with E-state index in [9.17, 15) is 14.4 Å². The lowest BCUT2D eigenvalue weighted by Gasteiger charge is -2.30. The van der Waals surface area contributed by atoms with Gasteiger partial charge in [-0.15, -0.1) is 0 Å². The Morgan fingerprint density at radius 1 is 1.24 bits per heavy atom. The third kappa shape index (κ3) is 3.90. The monoisotopic (exact) mass is 341 g/mol. The second-order valence-corrected chi connectivity index (χ2v) is 6.71. The number of H-pyrrole nitrogens is 1. The van der Waals surface area contributed by atoms with Crippen molar-refractivity contribution in [3.63, 3.8) is 0 Å². The van der Waals surface area contributed by atoms with Crippen LogP contribution in [0.2, 0.25) is 0 Å². The number of hydrogen-bond donors (Lipinski definition) is 2. The highest BCUT2D eigenvalue weighted by molar-refractivity contribution is 5.81. The fourth-order valence-corrected chi connectivity index (χ4v) is 3.29. The Morgan fingerprint density at radius 2 is 1.96 bits per heavy atom. The largest absolute Gasteiger partial charge is 0.352 e. The van der Waals surface area contributed by atoms with Crippen LogP contribution in [0.15, 0.2) is 29.1 Å². The lowest BCUT2D eigenvalue weighted by atomic mass is 9.96. The number of hydrogen-bond acceptors (Lipinski definition) is 3. The van der Waals surface area contributed by atoms with Gasteiger partial charge in [0.1, 0.15) is 0 Å². The smallest absolute Gasteiger partial charge is 0.253 e. The van der Waals surface area contributed by atoms with Crippen LogP contribution in [0.3, 0.4) is 0 Å². The zero-order chi connectivity index (χ0) is 18.0. The van der Waals surface area contributed by atoms with Gasteiger partial charge in [-0.2, -0.15) is 0 Å². The van der Waals surface area contributed by atoms with Crippen LogP contribution in [0.5, 0.6) is 0 Å². The molecule has 6 heteroatoms. The molecule has 25 heavy (non-hydrogen) atoms. The highest BCUT2D eigenvalue weighted by atomic mass is 16.2. The molecule has 2 aromatic rings. The first-order valence-corrected chi connectivity index (χ1v) is 8.60. The molecule has 2 amide bonds. The molecule has 2 heterocycles. The predicted octanol–water partition coefficient (Wildman–Crippen LogP) is 1.71. The standard InChI is InChI=1S/C19H23N3O3/c1-12-3-4-17-15(9-12)10-16(19(25)21-17)11-20-18(24)14-5-7-22(8-6-14)13(2)23/h3-4,9-10,14H,5-8,11H2,1-2H3,(H,20,24)(H,21,25). The average Bonchev–Trinajstić information content (AvgIpc) is 2.60. The van der Waals surface area contributed by atoms with Gasteiger partial charge in [0, 0.05) is 43.6 Å². The SMILES string of the molecule is CC(=O)N1CCC(C(=O)NCc2cc3cc(C)ccc3[nH]c2=O)CC1. The molecule has 1 fully saturated rings. The number of fused-ring (bicyclic) bond motifs is 1. The second kappa shape index (κ2) is 7.09. The van der Waals surface area contributed by atoms with Crippen molar-refractivity contribution >= 4 is 22.7 Å². The Kier molecular flexibility index (Phi) is 4.88. The molecule has 0 saturated carbocycles. The van der Waals surface area contributed by atoms with Gasteiger partial charge in [-0.3, -0.25) is 14.4 Å². The number of rotatable bonds is 3. The maximum absolute atomic E-state index is 12.4. The van der Waals surface area contributed by atoms with Gasteiger partial charge in [0.25, 0.3) is 5.56 Å². The van der Waals surface area contributed by atoms with Crippen molar-refractivity contribution in [3.05, 3.63) is 45.7 Å². The van der Waals surface area contributed by atoms with Crippen LogP contribution >= 0.6 is 0 Å². The van der Waals surface area contributed by atoms with Crippen molar-refractivity contribution in [1.29, 1.82) is 0 Å². The zero-order valence-corrected chi connectivity index (χ0v) is 14.6. The molecule has 1 aromatic carbocycles. The molecule has 1 saturated heterocycles. The third-order valence-corrected chi connectivity index (χ3v) is 4.84. The summed E-state index contributed by atoms with van der Waals surface area (Å²) in [4.78, 5) is 40.5. The van der Waals surface area contributed by atoms with E-state index in [-0.39, 0.29) is 29.8 Å². The maximum atomic E-state index is 12.4. The van der Waals surface area contributed by atoms with Crippen LogP contribution in [-0.2, 0) is 16.1 Å². The van der Waals surface area contributed by atoms with Gasteiger partial charge in [-0.25, -0.2) is 0 Å². The number of aromatic amines is 1. The number of carbonyl (C=O) groups is 2. The summed E-state index contributed by atoms with van der Waals surface area (Å²) in [5.41, 5.74) is 2.28. The van der Waals surface area contributed by atoms with Crippen LogP contribution < -0.4 is 10.9 Å². The van der Waals surface area contributed by atoms with Crippen LogP contribution in [0, 0.1) is 12.8 Å². The lowest BCUT2D eigenvalue weighted by Crippen LogP contribution is -2.42. The molecule has 1 aliphatic heterocycles. The normalized spacial score (nSPS) is 15.4. The number of nitrogens with one attached hydrogen (secondary N) is 2. The summed E-state index contributed by atoms with van der Waals surface area (Å²) in [6, 6.07) is 7.68. The highest BCUT2D eigenvalue weighted by Crippen LogP contribution is 2.18. The zero-order valence-electron chi connectivity index (χ0n) is 14.6. The fourth-order valence-electron chi connectivity index (χ4n) is 3.29. The number of benzene rings is 1. The molecular weight excluding hydrogens is 318 g/mol. The molecule has 1 aliphatic rings. The summed E-state index contributed by atoms with van der Waals surface area (Å²) in [6.45, 7) is 4.99. The number of piperidine rings is 1. The second-order valence-electron chi connectivity index (χ2n) is 6.71. The molecule has 0 radical (unpaired) electrons. The Labute approximate surface area is 146 Å². The topological polar surface area (TPSA) is 82.3 Å². The first-order chi connectivity index (χ1) is 11.9. The lowest BCUT2D eigenvalue weighted by molar-refractivity contribution is -0.134. The number of likely N-dealkylation sites (tertiary alicyclic amines) is 1. The van der Waals surface area contributed by atoms with E-state index < -0.39 is 0 Å². The molecular formula is C19H23N3O3. The molecule has 6 nitrogen and oxygen atoms in total. The van der Waals surface area contributed by atoms with Crippen molar-refractivity contribution < 1.29 is 9.59 Å². The molecule has 0 bridgehead atoms. The number of aryl methyl sites for hydroxylation is 1. The summed E-state index contributed by atoms with van der Waals surface area (Å²) in [5.74, 6) is -0.0961. The minimum Gasteiger partial charge on any atom is -0.352 e. The number of carbonyl (C=O) groups excluding carboxylic acids is 2. The van der Waals surface area contributed by atoms with Gasteiger partial charge in [-0.05, 0) is 43.4 Å². The quantitative estimate of drug-likeness (QED) is 0.892. The van der Waals surface area contributed by atoms with Crippen LogP contribution in [0.1, 0.15) is 30.9 Å². The minimum absolute atomic E-state index is 0.0491. The Balaban J connectivity index is 1.64. The molecule has 0 aliphatic carbocycles. The number of amides is 2. The van der Waals surface area contributed by atoms with Crippen LogP contribution in [-0.4, -0.2) is 34.8 Å². The van der Waals surface area contributed by atoms with Gasteiger partial charge >= 0.3 is 0 Å². The van der Waals surface area contributed by atoms with Gasteiger partial charge in [0.15, 0.2) is 0 Å². The van der Waals surface area contributed by atoms with Gasteiger partial charge in [0.05, 0.1) is 0 Å². The van der Waals surface area contributed by atoms with E-state index in [0.717, 1.165) is 16.5 Å². The number of pyridine rings is 1. The van der Waals surface area contributed by atoms with E-state index in [1.54, 1.807) is 11.8 Å². The van der Waals surface area contributed by atoms with Crippen molar-refractivity contribution in [2.75, 3.05) is 13.1 Å². The first kappa shape index (κ1) is 17.2. The van der Waals surface area contributed by atoms with Crippen LogP contribution in [0.4, 0.5) is 0 Å². The van der Waals surface area contributed by atoms with E-state index >= 15 is 0 Å². The van der Waals surface area contributed by atoms with E-state index in [0.29, 0.717) is 31.5 Å². The van der Waals surface area contributed by atoms with Crippen molar-refractivity contribution in [1.82, 2.24) is 15.2 Å². The van der Waals surface area contributed by atoms with E-state index in [4.69, 9.17) is 0 Å².